The van der Waals surface area contributed by atoms with Crippen LogP contribution in [-0.2, 0) is 17.4 Å². The number of nitrogens with zero attached hydrogens (tertiary/aromatic N) is 4. The largest absolute Gasteiger partial charge is 0.492 e. The van der Waals surface area contributed by atoms with E-state index in [1.165, 1.54) is 6.07 Å². The average Bonchev–Trinajstić information content (AvgIpc) is 3.06. The summed E-state index contributed by atoms with van der Waals surface area (Å²) in [4.78, 5) is 18.6. The summed E-state index contributed by atoms with van der Waals surface area (Å²) < 4.78 is 46.9. The number of halogens is 4. The van der Waals surface area contributed by atoms with Crippen molar-refractivity contribution >= 4 is 47.0 Å². The number of aryl methyl sites for hydroxylation is 1. The van der Waals surface area contributed by atoms with E-state index in [2.05, 4.69) is 17.1 Å². The van der Waals surface area contributed by atoms with Crippen molar-refractivity contribution in [1.29, 1.82) is 5.26 Å². The lowest BCUT2D eigenvalue weighted by Crippen LogP contribution is -2.50. The Kier molecular flexibility index (Phi) is 9.73. The summed E-state index contributed by atoms with van der Waals surface area (Å²) in [5, 5.41) is 12.6. The first kappa shape index (κ1) is 31.6. The van der Waals surface area contributed by atoms with Crippen LogP contribution in [0.1, 0.15) is 44.4 Å². The van der Waals surface area contributed by atoms with E-state index in [1.807, 2.05) is 25.1 Å². The van der Waals surface area contributed by atoms with Gasteiger partial charge in [-0.3, -0.25) is 14.6 Å². The number of piperazine rings is 1. The van der Waals surface area contributed by atoms with Gasteiger partial charge in [0.2, 0.25) is 0 Å². The zero-order valence-corrected chi connectivity index (χ0v) is 24.5. The molecule has 0 aliphatic carbocycles. The molecule has 2 aromatic rings. The van der Waals surface area contributed by atoms with Crippen LogP contribution < -0.4 is 19.9 Å². The minimum atomic E-state index is -4.75. The zero-order valence-electron chi connectivity index (χ0n) is 22.8. The Bertz CT molecular complexity index is 1310. The van der Waals surface area contributed by atoms with Crippen molar-refractivity contribution in [3.05, 3.63) is 53.1 Å². The average molecular weight is 596 g/mol. The third-order valence-corrected chi connectivity index (χ3v) is 7.52. The van der Waals surface area contributed by atoms with Crippen LogP contribution in [0.15, 0.2) is 36.4 Å². The lowest BCUT2D eigenvalue weighted by Gasteiger charge is -2.32. The SMILES string of the molecule is CCc1cc(N2C(=S)N(c3ccc(C#N)c(C(F)(F)F)c3)C(=O)C2(C)C)ccc1OCCN1CCNC(C)C1.Cl. The molecule has 1 unspecified atom stereocenters. The van der Waals surface area contributed by atoms with Crippen molar-refractivity contribution in [1.82, 2.24) is 10.2 Å². The maximum Gasteiger partial charge on any atom is 0.417 e. The van der Waals surface area contributed by atoms with Gasteiger partial charge in [-0.25, -0.2) is 0 Å². The lowest BCUT2D eigenvalue weighted by atomic mass is 10.0. The number of nitrogens with one attached hydrogen (secondary N) is 1. The standard InChI is InChI=1S/C28H32F3N5O2S.ClH/c1-5-19-14-22(8-9-24(19)38-13-12-34-11-10-33-18(2)17-34)36-26(39)35(25(37)27(36,3)4)21-7-6-20(16-32)23(15-21)28(29,30)31;/h6-9,14-15,18,33H,5,10-13,17H2,1-4H3;1H. The van der Waals surface area contributed by atoms with Gasteiger partial charge in [0.1, 0.15) is 17.9 Å². The lowest BCUT2D eigenvalue weighted by molar-refractivity contribution is -0.137. The molecule has 216 valence electrons. The van der Waals surface area contributed by atoms with E-state index in [1.54, 1.807) is 24.8 Å². The molecular formula is C28H33ClF3N5O2S. The molecule has 4 rings (SSSR count). The number of alkyl halides is 3. The molecule has 2 aromatic carbocycles. The van der Waals surface area contributed by atoms with Gasteiger partial charge in [0.05, 0.1) is 22.9 Å². The molecule has 0 aromatic heterocycles. The van der Waals surface area contributed by atoms with Crippen molar-refractivity contribution < 1.29 is 22.7 Å². The van der Waals surface area contributed by atoms with Gasteiger partial charge in [-0.05, 0) is 81.4 Å². The van der Waals surface area contributed by atoms with Crippen molar-refractivity contribution in [3.8, 4) is 11.8 Å². The number of nitriles is 1. The fourth-order valence-corrected chi connectivity index (χ4v) is 5.60. The molecule has 2 aliphatic heterocycles. The molecule has 1 N–H and O–H groups in total. The number of hydrogen-bond donors (Lipinski definition) is 1. The normalized spacial score (nSPS) is 19.4. The van der Waals surface area contributed by atoms with Crippen LogP contribution in [0.25, 0.3) is 0 Å². The molecule has 40 heavy (non-hydrogen) atoms. The number of hydrogen-bond acceptors (Lipinski definition) is 6. The highest BCUT2D eigenvalue weighted by Crippen LogP contribution is 2.40. The van der Waals surface area contributed by atoms with E-state index in [-0.39, 0.29) is 23.2 Å². The Morgan fingerprint density at radius 2 is 1.90 bits per heavy atom. The predicted octanol–water partition coefficient (Wildman–Crippen LogP) is 5.15. The third kappa shape index (κ3) is 6.20. The molecular weight excluding hydrogens is 563 g/mol. The monoisotopic (exact) mass is 595 g/mol. The van der Waals surface area contributed by atoms with Crippen LogP contribution in [-0.4, -0.2) is 60.3 Å². The number of amides is 1. The van der Waals surface area contributed by atoms with Crippen molar-refractivity contribution in [3.63, 3.8) is 0 Å². The first-order chi connectivity index (χ1) is 18.4. The molecule has 0 spiro atoms. The van der Waals surface area contributed by atoms with E-state index in [9.17, 15) is 18.0 Å². The topological polar surface area (TPSA) is 71.8 Å². The molecule has 1 amide bonds. The summed E-state index contributed by atoms with van der Waals surface area (Å²) >= 11 is 5.66. The Hall–Kier alpha value is -2.91. The Morgan fingerprint density at radius 3 is 2.52 bits per heavy atom. The quantitative estimate of drug-likeness (QED) is 0.444. The third-order valence-electron chi connectivity index (χ3n) is 7.16. The van der Waals surface area contributed by atoms with E-state index in [0.717, 1.165) is 54.5 Å². The Morgan fingerprint density at radius 1 is 1.20 bits per heavy atom. The van der Waals surface area contributed by atoms with Crippen LogP contribution in [0.2, 0.25) is 0 Å². The van der Waals surface area contributed by atoms with Gasteiger partial charge in [-0.2, -0.15) is 18.4 Å². The van der Waals surface area contributed by atoms with Gasteiger partial charge in [-0.1, -0.05) is 6.92 Å². The van der Waals surface area contributed by atoms with Gasteiger partial charge in [0, 0.05) is 37.9 Å². The minimum Gasteiger partial charge on any atom is -0.492 e. The van der Waals surface area contributed by atoms with Crippen molar-refractivity contribution in [2.24, 2.45) is 0 Å². The summed E-state index contributed by atoms with van der Waals surface area (Å²) in [5.74, 6) is 0.284. The number of rotatable bonds is 7. The van der Waals surface area contributed by atoms with Gasteiger partial charge >= 0.3 is 6.18 Å². The van der Waals surface area contributed by atoms with Crippen LogP contribution >= 0.6 is 24.6 Å². The maximum absolute atomic E-state index is 13.6. The highest BCUT2D eigenvalue weighted by atomic mass is 35.5. The molecule has 0 bridgehead atoms. The van der Waals surface area contributed by atoms with E-state index >= 15 is 0 Å². The first-order valence-corrected chi connectivity index (χ1v) is 13.3. The number of benzene rings is 2. The summed E-state index contributed by atoms with van der Waals surface area (Å²) in [6.07, 6.45) is -4.08. The van der Waals surface area contributed by atoms with E-state index in [0.29, 0.717) is 24.8 Å². The van der Waals surface area contributed by atoms with E-state index < -0.39 is 28.7 Å². The summed E-state index contributed by atoms with van der Waals surface area (Å²) in [6, 6.07) is 10.8. The number of thiocarbonyl (C=S) groups is 1. The summed E-state index contributed by atoms with van der Waals surface area (Å²) in [5.41, 5.74) is -1.25. The molecule has 2 heterocycles. The number of anilines is 2. The van der Waals surface area contributed by atoms with Gasteiger partial charge in [0.15, 0.2) is 5.11 Å². The highest BCUT2D eigenvalue weighted by Gasteiger charge is 2.50. The number of carbonyl (C=O) groups is 1. The van der Waals surface area contributed by atoms with Gasteiger partial charge in [0.25, 0.3) is 5.91 Å². The fourth-order valence-electron chi connectivity index (χ4n) is 5.08. The van der Waals surface area contributed by atoms with Crippen LogP contribution in [0.5, 0.6) is 5.75 Å². The molecule has 7 nitrogen and oxygen atoms in total. The smallest absolute Gasteiger partial charge is 0.417 e. The molecule has 0 radical (unpaired) electrons. The maximum atomic E-state index is 13.6. The molecule has 1 atom stereocenters. The molecule has 2 fully saturated rings. The second kappa shape index (κ2) is 12.3. The number of carbonyl (C=O) groups excluding carboxylic acids is 1. The van der Waals surface area contributed by atoms with Gasteiger partial charge in [-0.15, -0.1) is 12.4 Å². The second-order valence-corrected chi connectivity index (χ2v) is 10.7. The molecule has 0 saturated carbocycles. The van der Waals surface area contributed by atoms with Crippen molar-refractivity contribution in [2.75, 3.05) is 42.6 Å². The van der Waals surface area contributed by atoms with Crippen molar-refractivity contribution in [2.45, 2.75) is 51.9 Å². The molecule has 2 saturated heterocycles. The van der Waals surface area contributed by atoms with Crippen LogP contribution in [0, 0.1) is 11.3 Å². The van der Waals surface area contributed by atoms with Gasteiger partial charge < -0.3 is 15.0 Å². The number of ether oxygens (including phenoxy) is 1. The summed E-state index contributed by atoms with van der Waals surface area (Å²) in [6.45, 7) is 11.8. The first-order valence-electron chi connectivity index (χ1n) is 12.9. The molecule has 2 aliphatic rings. The Labute approximate surface area is 244 Å². The highest BCUT2D eigenvalue weighted by molar-refractivity contribution is 7.81. The minimum absolute atomic E-state index is 0. The zero-order chi connectivity index (χ0) is 28.5. The van der Waals surface area contributed by atoms with E-state index in [4.69, 9.17) is 22.2 Å². The summed E-state index contributed by atoms with van der Waals surface area (Å²) in [7, 11) is 0. The molecule has 12 heteroatoms. The van der Waals surface area contributed by atoms with Crippen LogP contribution in [0.3, 0.4) is 0 Å². The predicted molar refractivity (Wildman–Crippen MR) is 155 cm³/mol. The second-order valence-electron chi connectivity index (χ2n) is 10.3. The Balaban J connectivity index is 0.00000441. The fraction of sp³-hybridized carbons (Fsp3) is 0.464. The van der Waals surface area contributed by atoms with Crippen LogP contribution in [0.4, 0.5) is 24.5 Å².